The van der Waals surface area contributed by atoms with Gasteiger partial charge >= 0.3 is 0 Å². The Morgan fingerprint density at radius 1 is 1.19 bits per heavy atom. The number of aromatic hydroxyl groups is 1. The lowest BCUT2D eigenvalue weighted by Crippen LogP contribution is -2.48. The van der Waals surface area contributed by atoms with Gasteiger partial charge in [0.1, 0.15) is 5.75 Å². The monoisotopic (exact) mass is 364 g/mol. The van der Waals surface area contributed by atoms with Crippen LogP contribution in [0.25, 0.3) is 11.6 Å². The van der Waals surface area contributed by atoms with Crippen molar-refractivity contribution in [2.24, 2.45) is 0 Å². The van der Waals surface area contributed by atoms with Crippen LogP contribution >= 0.6 is 0 Å². The fourth-order valence-corrected chi connectivity index (χ4v) is 3.37. The second-order valence-corrected chi connectivity index (χ2v) is 7.04. The van der Waals surface area contributed by atoms with Gasteiger partial charge in [0.25, 0.3) is 11.6 Å². The molecule has 3 rings (SSSR count). The van der Waals surface area contributed by atoms with Gasteiger partial charge in [-0.05, 0) is 68.3 Å². The molecule has 0 saturated heterocycles. The van der Waals surface area contributed by atoms with Crippen molar-refractivity contribution in [3.63, 3.8) is 0 Å². The summed E-state index contributed by atoms with van der Waals surface area (Å²) in [6.07, 6.45) is 5.08. The number of benzene rings is 2. The number of hydrogen-bond acceptors (Lipinski definition) is 4. The van der Waals surface area contributed by atoms with Gasteiger partial charge < -0.3 is 5.11 Å². The summed E-state index contributed by atoms with van der Waals surface area (Å²) in [6, 6.07) is 10.9. The first-order valence-electron chi connectivity index (χ1n) is 8.48. The maximum Gasteiger partial charge on any atom is 0.269 e. The minimum atomic E-state index is -0.537. The van der Waals surface area contributed by atoms with E-state index < -0.39 is 10.5 Å². The molecule has 0 spiro atoms. The van der Waals surface area contributed by atoms with Crippen LogP contribution in [-0.4, -0.2) is 21.5 Å². The average molecular weight is 364 g/mol. The summed E-state index contributed by atoms with van der Waals surface area (Å²) >= 11 is 0. The molecule has 0 atom stereocenters. The van der Waals surface area contributed by atoms with E-state index in [2.05, 4.69) is 0 Å². The number of phenolic OH excluding ortho intramolecular Hbond substituents is 1. The second-order valence-electron chi connectivity index (χ2n) is 7.04. The number of non-ortho nitro benzene ring substituents is 1. The first-order valence-corrected chi connectivity index (χ1v) is 8.48. The maximum atomic E-state index is 13.0. The van der Waals surface area contributed by atoms with Crippen LogP contribution in [0.1, 0.15) is 31.9 Å². The summed E-state index contributed by atoms with van der Waals surface area (Å²) in [7, 11) is 0. The number of allylic oxidation sites excluding steroid dienone is 1. The Morgan fingerprint density at radius 3 is 2.48 bits per heavy atom. The van der Waals surface area contributed by atoms with Gasteiger partial charge in [-0.25, -0.2) is 0 Å². The first-order chi connectivity index (χ1) is 12.7. The van der Waals surface area contributed by atoms with E-state index in [0.717, 1.165) is 16.8 Å². The van der Waals surface area contributed by atoms with Gasteiger partial charge in [-0.2, -0.15) is 0 Å². The number of amides is 1. The highest BCUT2D eigenvalue weighted by molar-refractivity contribution is 6.08. The molecule has 138 valence electrons. The number of nitrogens with zero attached hydrogens (tertiary/aromatic N) is 2. The molecule has 0 bridgehead atoms. The quantitative estimate of drug-likeness (QED) is 0.492. The summed E-state index contributed by atoms with van der Waals surface area (Å²) in [5.74, 6) is -0.0657. The first kappa shape index (κ1) is 18.4. The molecule has 0 aromatic heterocycles. The van der Waals surface area contributed by atoms with Crippen molar-refractivity contribution in [2.45, 2.75) is 26.3 Å². The number of nitro benzene ring substituents is 1. The minimum absolute atomic E-state index is 0.00462. The molecule has 1 heterocycles. The Morgan fingerprint density at radius 2 is 1.85 bits per heavy atom. The number of carbonyl (C=O) groups is 1. The molecule has 1 N–H and O–H groups in total. The van der Waals surface area contributed by atoms with Crippen molar-refractivity contribution in [3.8, 4) is 5.75 Å². The molecule has 0 radical (unpaired) electrons. The molecule has 1 aliphatic rings. The zero-order valence-electron chi connectivity index (χ0n) is 15.3. The van der Waals surface area contributed by atoms with E-state index in [-0.39, 0.29) is 17.3 Å². The zero-order valence-corrected chi connectivity index (χ0v) is 15.3. The average Bonchev–Trinajstić information content (AvgIpc) is 2.60. The van der Waals surface area contributed by atoms with Crippen LogP contribution in [0.15, 0.2) is 54.6 Å². The van der Waals surface area contributed by atoms with Crippen LogP contribution in [0.3, 0.4) is 0 Å². The van der Waals surface area contributed by atoms with E-state index in [4.69, 9.17) is 0 Å². The van der Waals surface area contributed by atoms with Crippen molar-refractivity contribution in [1.82, 2.24) is 0 Å². The van der Waals surface area contributed by atoms with Crippen molar-refractivity contribution < 1.29 is 14.8 Å². The third-order valence-electron chi connectivity index (χ3n) is 4.53. The van der Waals surface area contributed by atoms with Gasteiger partial charge in [-0.15, -0.1) is 0 Å². The van der Waals surface area contributed by atoms with Gasteiger partial charge in [0.15, 0.2) is 0 Å². The van der Waals surface area contributed by atoms with Crippen LogP contribution in [0, 0.1) is 10.1 Å². The molecular weight excluding hydrogens is 344 g/mol. The maximum absolute atomic E-state index is 13.0. The Balaban J connectivity index is 1.92. The fourth-order valence-electron chi connectivity index (χ4n) is 3.37. The number of fused-ring (bicyclic) bond motifs is 1. The predicted octanol–water partition coefficient (Wildman–Crippen LogP) is 4.54. The van der Waals surface area contributed by atoms with Crippen molar-refractivity contribution in [3.05, 3.63) is 75.9 Å². The lowest BCUT2D eigenvalue weighted by atomic mass is 9.88. The number of hydrogen-bond donors (Lipinski definition) is 1. The van der Waals surface area contributed by atoms with Gasteiger partial charge in [-0.1, -0.05) is 6.08 Å². The van der Waals surface area contributed by atoms with Crippen LogP contribution < -0.4 is 4.90 Å². The molecule has 27 heavy (non-hydrogen) atoms. The topological polar surface area (TPSA) is 83.7 Å². The number of nitro groups is 1. The molecule has 1 aliphatic heterocycles. The Bertz CT molecular complexity index is 972. The van der Waals surface area contributed by atoms with Crippen LogP contribution in [0.4, 0.5) is 11.4 Å². The summed E-state index contributed by atoms with van der Waals surface area (Å²) in [5, 5.41) is 20.5. The molecule has 0 fully saturated rings. The van der Waals surface area contributed by atoms with Crippen LogP contribution in [-0.2, 0) is 4.79 Å². The highest BCUT2D eigenvalue weighted by Crippen LogP contribution is 2.40. The van der Waals surface area contributed by atoms with Crippen molar-refractivity contribution in [1.29, 1.82) is 0 Å². The van der Waals surface area contributed by atoms with Crippen molar-refractivity contribution in [2.75, 3.05) is 4.90 Å². The third-order valence-corrected chi connectivity index (χ3v) is 4.53. The highest BCUT2D eigenvalue weighted by Gasteiger charge is 2.34. The highest BCUT2D eigenvalue weighted by atomic mass is 16.6. The molecule has 0 saturated carbocycles. The van der Waals surface area contributed by atoms with E-state index in [1.807, 2.05) is 26.8 Å². The van der Waals surface area contributed by atoms with E-state index in [9.17, 15) is 20.0 Å². The van der Waals surface area contributed by atoms with Crippen molar-refractivity contribution >= 4 is 28.9 Å². The SMILES string of the molecule is CC1=CC(C)(C)N(C(=O)/C=C/c2ccc([N+](=O)[O-])cc2)c2ccc(O)cc21. The van der Waals surface area contributed by atoms with E-state index >= 15 is 0 Å². The summed E-state index contributed by atoms with van der Waals surface area (Å²) in [6.45, 7) is 5.85. The molecule has 0 aliphatic carbocycles. The molecule has 2 aromatic carbocycles. The second kappa shape index (κ2) is 6.72. The third kappa shape index (κ3) is 3.60. The number of phenols is 1. The fraction of sp³-hybridized carbons (Fsp3) is 0.190. The molecule has 6 nitrogen and oxygen atoms in total. The predicted molar refractivity (Wildman–Crippen MR) is 105 cm³/mol. The lowest BCUT2D eigenvalue weighted by Gasteiger charge is -2.41. The normalized spacial score (nSPS) is 15.4. The van der Waals surface area contributed by atoms with Crippen LogP contribution in [0.2, 0.25) is 0 Å². The van der Waals surface area contributed by atoms with E-state index in [1.54, 1.807) is 41.3 Å². The summed E-state index contributed by atoms with van der Waals surface area (Å²) in [4.78, 5) is 24.9. The Hall–Kier alpha value is -3.41. The molecular formula is C21H20N2O4. The zero-order chi connectivity index (χ0) is 19.8. The Kier molecular flexibility index (Phi) is 4.57. The van der Waals surface area contributed by atoms with Gasteiger partial charge in [-0.3, -0.25) is 19.8 Å². The van der Waals surface area contributed by atoms with Crippen LogP contribution in [0.5, 0.6) is 5.75 Å². The number of rotatable bonds is 3. The molecule has 1 amide bonds. The van der Waals surface area contributed by atoms with Gasteiger partial charge in [0.05, 0.1) is 16.1 Å². The lowest BCUT2D eigenvalue weighted by molar-refractivity contribution is -0.384. The standard InChI is InChI=1S/C21H20N2O4/c1-14-13-21(2,3)22(19-10-9-17(24)12-18(14)19)20(25)11-6-15-4-7-16(8-5-15)23(26)27/h4-13,24H,1-3H3/b11-6+. The summed E-state index contributed by atoms with van der Waals surface area (Å²) in [5.41, 5.74) is 2.70. The minimum Gasteiger partial charge on any atom is -0.508 e. The molecule has 2 aromatic rings. The summed E-state index contributed by atoms with van der Waals surface area (Å²) < 4.78 is 0. The Labute approximate surface area is 157 Å². The van der Waals surface area contributed by atoms with Gasteiger partial charge in [0, 0.05) is 23.8 Å². The molecule has 6 heteroatoms. The number of anilines is 1. The van der Waals surface area contributed by atoms with E-state index in [1.165, 1.54) is 18.2 Å². The molecule has 0 unspecified atom stereocenters. The number of carbonyl (C=O) groups excluding carboxylic acids is 1. The van der Waals surface area contributed by atoms with E-state index in [0.29, 0.717) is 5.56 Å². The largest absolute Gasteiger partial charge is 0.508 e. The van der Waals surface area contributed by atoms with Gasteiger partial charge in [0.2, 0.25) is 0 Å². The smallest absolute Gasteiger partial charge is 0.269 e.